The van der Waals surface area contributed by atoms with Crippen molar-refractivity contribution in [3.05, 3.63) is 29.3 Å². The van der Waals surface area contributed by atoms with Crippen LogP contribution in [-0.4, -0.2) is 64.7 Å². The average molecular weight is 512 g/mol. The molecule has 1 amide bonds. The number of nitrogens with zero attached hydrogens (tertiary/aromatic N) is 2. The van der Waals surface area contributed by atoms with E-state index in [1.54, 1.807) is 11.8 Å². The molecule has 3 atom stereocenters. The van der Waals surface area contributed by atoms with Crippen LogP contribution in [0.25, 0.3) is 0 Å². The lowest BCUT2D eigenvalue weighted by atomic mass is 9.74. The van der Waals surface area contributed by atoms with Crippen LogP contribution in [0.15, 0.2) is 18.2 Å². The zero-order chi connectivity index (χ0) is 26.3. The Kier molecular flexibility index (Phi) is 7.57. The Hall–Kier alpha value is -2.33. The molecule has 0 unspecified atom stereocenters. The molecule has 200 valence electrons. The summed E-state index contributed by atoms with van der Waals surface area (Å²) in [5, 5.41) is 12.3. The van der Waals surface area contributed by atoms with Gasteiger partial charge in [-0.2, -0.15) is 13.2 Å². The van der Waals surface area contributed by atoms with Gasteiger partial charge in [-0.1, -0.05) is 13.8 Å². The van der Waals surface area contributed by atoms with Gasteiger partial charge in [-0.3, -0.25) is 9.59 Å². The number of hydrogen-bond acceptors (Lipinski definition) is 5. The molecule has 1 saturated carbocycles. The van der Waals surface area contributed by atoms with E-state index in [9.17, 15) is 22.8 Å². The number of fused-ring (bicyclic) bond motifs is 1. The van der Waals surface area contributed by atoms with E-state index in [1.165, 1.54) is 6.07 Å². The number of nitrogens with one attached hydrogen (secondary N) is 1. The van der Waals surface area contributed by atoms with Crippen LogP contribution in [0.2, 0.25) is 0 Å². The second-order valence-corrected chi connectivity index (χ2v) is 10.8. The van der Waals surface area contributed by atoms with Gasteiger partial charge in [-0.15, -0.1) is 0 Å². The highest BCUT2D eigenvalue weighted by Crippen LogP contribution is 2.48. The zero-order valence-electron chi connectivity index (χ0n) is 21.1. The number of benzene rings is 1. The van der Waals surface area contributed by atoms with Crippen molar-refractivity contribution in [3.8, 4) is 5.75 Å². The molecule has 1 aromatic carbocycles. The summed E-state index contributed by atoms with van der Waals surface area (Å²) in [6.45, 7) is 7.58. The Balaban J connectivity index is 1.41. The molecule has 1 aromatic rings. The Labute approximate surface area is 210 Å². The number of carboxylic acids is 1. The van der Waals surface area contributed by atoms with Crippen molar-refractivity contribution in [2.24, 2.45) is 11.3 Å². The maximum atomic E-state index is 13.9. The largest absolute Gasteiger partial charge is 0.480 e. The molecule has 10 heteroatoms. The lowest BCUT2D eigenvalue weighted by molar-refractivity contribution is -0.150. The topological polar surface area (TPSA) is 82.1 Å². The number of likely N-dealkylation sites (tertiary alicyclic amines) is 1. The summed E-state index contributed by atoms with van der Waals surface area (Å²) in [5.41, 5.74) is -0.947. The summed E-state index contributed by atoms with van der Waals surface area (Å²) in [6.07, 6.45) is -0.414. The third-order valence-electron chi connectivity index (χ3n) is 8.37. The first-order valence-electron chi connectivity index (χ1n) is 12.8. The van der Waals surface area contributed by atoms with Crippen LogP contribution >= 0.6 is 0 Å². The molecule has 1 saturated heterocycles. The SMILES string of the molecule is CC(C)[C@@]1(C(=O)N2COc3ccc(C(F)(F)F)cc3C2)CC[C@@H](N2CCC(N[C@@H](C)C(=O)O)CC2)C1. The number of piperidine rings is 1. The van der Waals surface area contributed by atoms with Gasteiger partial charge < -0.3 is 25.0 Å². The number of rotatable bonds is 6. The highest BCUT2D eigenvalue weighted by Gasteiger charge is 2.51. The van der Waals surface area contributed by atoms with E-state index in [0.29, 0.717) is 17.7 Å². The van der Waals surface area contributed by atoms with Crippen molar-refractivity contribution in [1.29, 1.82) is 0 Å². The van der Waals surface area contributed by atoms with Crippen LogP contribution < -0.4 is 10.1 Å². The quantitative estimate of drug-likeness (QED) is 0.599. The number of aliphatic carboxylic acids is 1. The molecule has 1 aliphatic carbocycles. The van der Waals surface area contributed by atoms with Crippen LogP contribution in [0.4, 0.5) is 13.2 Å². The molecule has 2 N–H and O–H groups in total. The third-order valence-corrected chi connectivity index (χ3v) is 8.37. The molecule has 0 bridgehead atoms. The number of carboxylic acid groups (broad SMARTS) is 1. The van der Waals surface area contributed by atoms with Crippen molar-refractivity contribution in [2.45, 2.75) is 83.7 Å². The number of ether oxygens (including phenoxy) is 1. The number of amides is 1. The van der Waals surface area contributed by atoms with Gasteiger partial charge >= 0.3 is 12.1 Å². The van der Waals surface area contributed by atoms with Crippen molar-refractivity contribution < 1.29 is 32.6 Å². The second kappa shape index (κ2) is 10.2. The third kappa shape index (κ3) is 5.34. The van der Waals surface area contributed by atoms with Crippen LogP contribution in [-0.2, 0) is 22.3 Å². The van der Waals surface area contributed by atoms with E-state index >= 15 is 0 Å². The van der Waals surface area contributed by atoms with Gasteiger partial charge in [0.25, 0.3) is 0 Å². The lowest BCUT2D eigenvalue weighted by Crippen LogP contribution is -2.51. The zero-order valence-corrected chi connectivity index (χ0v) is 21.1. The minimum absolute atomic E-state index is 0.0369. The number of alkyl halides is 3. The lowest BCUT2D eigenvalue weighted by Gasteiger charge is -2.41. The molecular formula is C26H36F3N3O4. The number of hydrogen-bond donors (Lipinski definition) is 2. The molecule has 0 radical (unpaired) electrons. The molecule has 3 aliphatic rings. The summed E-state index contributed by atoms with van der Waals surface area (Å²) in [6, 6.07) is 3.26. The first-order chi connectivity index (χ1) is 16.9. The first kappa shape index (κ1) is 26.7. The summed E-state index contributed by atoms with van der Waals surface area (Å²) < 4.78 is 45.3. The molecule has 0 spiro atoms. The van der Waals surface area contributed by atoms with Gasteiger partial charge in [0.1, 0.15) is 11.8 Å². The molecular weight excluding hydrogens is 475 g/mol. The fraction of sp³-hybridized carbons (Fsp3) is 0.692. The minimum Gasteiger partial charge on any atom is -0.480 e. The Bertz CT molecular complexity index is 978. The highest BCUT2D eigenvalue weighted by molar-refractivity contribution is 5.83. The van der Waals surface area contributed by atoms with Gasteiger partial charge in [0.15, 0.2) is 6.73 Å². The molecule has 0 aromatic heterocycles. The maximum absolute atomic E-state index is 13.9. The molecule has 2 aliphatic heterocycles. The van der Waals surface area contributed by atoms with E-state index in [0.717, 1.165) is 50.9 Å². The summed E-state index contributed by atoms with van der Waals surface area (Å²) in [4.78, 5) is 29.0. The Morgan fingerprint density at radius 2 is 1.86 bits per heavy atom. The maximum Gasteiger partial charge on any atom is 0.416 e. The van der Waals surface area contributed by atoms with Crippen molar-refractivity contribution in [1.82, 2.24) is 15.1 Å². The van der Waals surface area contributed by atoms with Crippen LogP contribution in [0.3, 0.4) is 0 Å². The molecule has 2 heterocycles. The molecule has 2 fully saturated rings. The van der Waals surface area contributed by atoms with E-state index in [2.05, 4.69) is 10.2 Å². The fourth-order valence-corrected chi connectivity index (χ4v) is 6.05. The standard InChI is InChI=1S/C26H36F3N3O4/c1-16(2)25(9-6-21(13-25)31-10-7-20(8-11-31)30-17(3)23(33)34)24(35)32-14-18-12-19(26(27,28)29)4-5-22(18)36-15-32/h4-5,12,16-17,20-21,30H,6-11,13-15H2,1-3H3,(H,33,34)/t17-,21+,25+/m0/s1. The highest BCUT2D eigenvalue weighted by atomic mass is 19.4. The average Bonchev–Trinajstić information content (AvgIpc) is 3.29. The van der Waals surface area contributed by atoms with Crippen molar-refractivity contribution in [3.63, 3.8) is 0 Å². The van der Waals surface area contributed by atoms with Crippen LogP contribution in [0.1, 0.15) is 64.0 Å². The number of carbonyl (C=O) groups is 2. The van der Waals surface area contributed by atoms with Crippen molar-refractivity contribution in [2.75, 3.05) is 19.8 Å². The predicted octanol–water partition coefficient (Wildman–Crippen LogP) is 4.11. The van der Waals surface area contributed by atoms with Crippen LogP contribution in [0, 0.1) is 11.3 Å². The monoisotopic (exact) mass is 511 g/mol. The minimum atomic E-state index is -4.45. The smallest absolute Gasteiger partial charge is 0.416 e. The Morgan fingerprint density at radius 1 is 1.17 bits per heavy atom. The fourth-order valence-electron chi connectivity index (χ4n) is 6.05. The van der Waals surface area contributed by atoms with Gasteiger partial charge in [0, 0.05) is 17.6 Å². The second-order valence-electron chi connectivity index (χ2n) is 10.8. The van der Waals surface area contributed by atoms with E-state index < -0.39 is 29.2 Å². The van der Waals surface area contributed by atoms with Crippen molar-refractivity contribution >= 4 is 11.9 Å². The van der Waals surface area contributed by atoms with E-state index in [4.69, 9.17) is 9.84 Å². The number of halogens is 3. The molecule has 7 nitrogen and oxygen atoms in total. The summed E-state index contributed by atoms with van der Waals surface area (Å²) in [5.74, 6) is -0.431. The normalized spacial score (nSPS) is 26.5. The summed E-state index contributed by atoms with van der Waals surface area (Å²) in [7, 11) is 0. The predicted molar refractivity (Wildman–Crippen MR) is 127 cm³/mol. The van der Waals surface area contributed by atoms with Gasteiger partial charge in [0.2, 0.25) is 5.91 Å². The molecule has 4 rings (SSSR count). The van der Waals surface area contributed by atoms with Gasteiger partial charge in [-0.05, 0) is 76.2 Å². The summed E-state index contributed by atoms with van der Waals surface area (Å²) >= 11 is 0. The number of carbonyl (C=O) groups excluding carboxylic acids is 1. The first-order valence-corrected chi connectivity index (χ1v) is 12.8. The van der Waals surface area contributed by atoms with Crippen LogP contribution in [0.5, 0.6) is 5.75 Å². The van der Waals surface area contributed by atoms with Gasteiger partial charge in [-0.25, -0.2) is 0 Å². The van der Waals surface area contributed by atoms with Gasteiger partial charge in [0.05, 0.1) is 17.5 Å². The van der Waals surface area contributed by atoms with E-state index in [-0.39, 0.29) is 37.2 Å². The molecule has 36 heavy (non-hydrogen) atoms. The Morgan fingerprint density at radius 3 is 2.47 bits per heavy atom. The van der Waals surface area contributed by atoms with E-state index in [1.807, 2.05) is 13.8 Å².